The van der Waals surface area contributed by atoms with Gasteiger partial charge in [-0.2, -0.15) is 0 Å². The van der Waals surface area contributed by atoms with Gasteiger partial charge < -0.3 is 10.6 Å². The van der Waals surface area contributed by atoms with Crippen LogP contribution in [0.5, 0.6) is 0 Å². The van der Waals surface area contributed by atoms with Crippen LogP contribution in [-0.2, 0) is 0 Å². The Bertz CT molecular complexity index is 656. The Morgan fingerprint density at radius 1 is 1.10 bits per heavy atom. The van der Waals surface area contributed by atoms with Gasteiger partial charge in [0.1, 0.15) is 17.5 Å². The fourth-order valence-electron chi connectivity index (χ4n) is 1.88. The summed E-state index contributed by atoms with van der Waals surface area (Å²) >= 11 is 12.2. The van der Waals surface area contributed by atoms with E-state index in [1.54, 1.807) is 18.2 Å². The Morgan fingerprint density at radius 2 is 1.76 bits per heavy atom. The van der Waals surface area contributed by atoms with Crippen LogP contribution < -0.4 is 10.6 Å². The number of nitrogens with zero attached hydrogens (tertiary/aromatic N) is 2. The summed E-state index contributed by atoms with van der Waals surface area (Å²) in [7, 11) is 1.84. The summed E-state index contributed by atoms with van der Waals surface area (Å²) in [5, 5.41) is 7.55. The van der Waals surface area contributed by atoms with Gasteiger partial charge in [-0.05, 0) is 25.1 Å². The quantitative estimate of drug-likeness (QED) is 0.830. The summed E-state index contributed by atoms with van der Waals surface area (Å²) in [6.45, 7) is 6.07. The van der Waals surface area contributed by atoms with Crippen LogP contribution in [-0.4, -0.2) is 17.0 Å². The first-order valence-electron chi connectivity index (χ1n) is 6.70. The predicted octanol–water partition coefficient (Wildman–Crippen LogP) is 5.00. The highest BCUT2D eigenvalue weighted by Gasteiger charge is 2.13. The molecule has 0 fully saturated rings. The first kappa shape index (κ1) is 15.9. The molecule has 0 aliphatic carbocycles. The standard InChI is InChI=1S/C15H18Cl2N4/c1-8(2)13-20-14(18-4)9(3)15(21-13)19-12-7-10(16)5-6-11(12)17/h5-8H,1-4H3,(H2,18,19,20,21). The zero-order valence-corrected chi connectivity index (χ0v) is 14.0. The van der Waals surface area contributed by atoms with E-state index in [9.17, 15) is 0 Å². The van der Waals surface area contributed by atoms with E-state index in [2.05, 4.69) is 34.4 Å². The molecule has 1 aromatic carbocycles. The van der Waals surface area contributed by atoms with Crippen LogP contribution in [0.3, 0.4) is 0 Å². The van der Waals surface area contributed by atoms with Gasteiger partial charge >= 0.3 is 0 Å². The summed E-state index contributed by atoms with van der Waals surface area (Å²) in [5.74, 6) is 2.52. The Labute approximate surface area is 134 Å². The van der Waals surface area contributed by atoms with Gasteiger partial charge in [0.05, 0.1) is 10.7 Å². The van der Waals surface area contributed by atoms with Gasteiger partial charge in [0, 0.05) is 23.6 Å². The summed E-state index contributed by atoms with van der Waals surface area (Å²) in [6.07, 6.45) is 0. The van der Waals surface area contributed by atoms with Crippen LogP contribution in [0.4, 0.5) is 17.3 Å². The maximum absolute atomic E-state index is 6.19. The van der Waals surface area contributed by atoms with Crippen LogP contribution in [0, 0.1) is 6.92 Å². The molecule has 2 aromatic rings. The number of anilines is 3. The van der Waals surface area contributed by atoms with Gasteiger partial charge in [0.2, 0.25) is 0 Å². The summed E-state index contributed by atoms with van der Waals surface area (Å²) < 4.78 is 0. The van der Waals surface area contributed by atoms with E-state index < -0.39 is 0 Å². The summed E-state index contributed by atoms with van der Waals surface area (Å²) in [5.41, 5.74) is 1.65. The minimum absolute atomic E-state index is 0.230. The molecule has 0 aliphatic rings. The molecule has 0 amide bonds. The van der Waals surface area contributed by atoms with Gasteiger partial charge in [-0.25, -0.2) is 9.97 Å². The molecular formula is C15H18Cl2N4. The smallest absolute Gasteiger partial charge is 0.139 e. The zero-order chi connectivity index (χ0) is 15.6. The third-order valence-corrected chi connectivity index (χ3v) is 3.66. The average molecular weight is 325 g/mol. The van der Waals surface area contributed by atoms with E-state index in [0.29, 0.717) is 10.0 Å². The number of benzene rings is 1. The minimum atomic E-state index is 0.230. The van der Waals surface area contributed by atoms with Gasteiger partial charge in [-0.3, -0.25) is 0 Å². The minimum Gasteiger partial charge on any atom is -0.373 e. The molecule has 0 spiro atoms. The van der Waals surface area contributed by atoms with E-state index in [0.717, 1.165) is 28.7 Å². The highest BCUT2D eigenvalue weighted by molar-refractivity contribution is 6.35. The Balaban J connectivity index is 2.47. The first-order chi connectivity index (χ1) is 9.92. The van der Waals surface area contributed by atoms with E-state index in [1.165, 1.54) is 0 Å². The highest BCUT2D eigenvalue weighted by atomic mass is 35.5. The van der Waals surface area contributed by atoms with Crippen molar-refractivity contribution in [2.24, 2.45) is 0 Å². The van der Waals surface area contributed by atoms with Crippen molar-refractivity contribution in [3.63, 3.8) is 0 Å². The number of hydrogen-bond donors (Lipinski definition) is 2. The topological polar surface area (TPSA) is 49.8 Å². The Hall–Kier alpha value is -1.52. The first-order valence-corrected chi connectivity index (χ1v) is 7.46. The van der Waals surface area contributed by atoms with E-state index in [1.807, 2.05) is 14.0 Å². The van der Waals surface area contributed by atoms with E-state index in [-0.39, 0.29) is 5.92 Å². The molecule has 0 saturated carbocycles. The van der Waals surface area contributed by atoms with Crippen molar-refractivity contribution < 1.29 is 0 Å². The number of nitrogens with one attached hydrogen (secondary N) is 2. The number of aromatic nitrogens is 2. The Morgan fingerprint density at radius 3 is 2.38 bits per heavy atom. The molecular weight excluding hydrogens is 307 g/mol. The molecule has 0 saturated heterocycles. The maximum Gasteiger partial charge on any atom is 0.139 e. The third-order valence-electron chi connectivity index (χ3n) is 3.10. The van der Waals surface area contributed by atoms with E-state index >= 15 is 0 Å². The SMILES string of the molecule is CNc1nc(C(C)C)nc(Nc2cc(Cl)ccc2Cl)c1C. The lowest BCUT2D eigenvalue weighted by Crippen LogP contribution is -2.08. The van der Waals surface area contributed by atoms with Crippen LogP contribution >= 0.6 is 23.2 Å². The average Bonchev–Trinajstić information content (AvgIpc) is 2.44. The van der Waals surface area contributed by atoms with Crippen molar-refractivity contribution in [2.45, 2.75) is 26.7 Å². The lowest BCUT2D eigenvalue weighted by molar-refractivity contribution is 0.775. The van der Waals surface area contributed by atoms with Crippen LogP contribution in [0.25, 0.3) is 0 Å². The van der Waals surface area contributed by atoms with Gasteiger partial charge in [-0.1, -0.05) is 37.0 Å². The van der Waals surface area contributed by atoms with Crippen molar-refractivity contribution in [2.75, 3.05) is 17.7 Å². The molecule has 1 heterocycles. The molecule has 1 aromatic heterocycles. The van der Waals surface area contributed by atoms with Crippen molar-refractivity contribution in [3.05, 3.63) is 39.6 Å². The lowest BCUT2D eigenvalue weighted by atomic mass is 10.2. The van der Waals surface area contributed by atoms with Crippen LogP contribution in [0.15, 0.2) is 18.2 Å². The second-order valence-electron chi connectivity index (χ2n) is 5.06. The molecule has 0 aliphatic heterocycles. The largest absolute Gasteiger partial charge is 0.373 e. The van der Waals surface area contributed by atoms with Crippen molar-refractivity contribution in [3.8, 4) is 0 Å². The normalized spacial score (nSPS) is 10.8. The Kier molecular flexibility index (Phi) is 4.91. The van der Waals surface area contributed by atoms with Crippen molar-refractivity contribution in [1.29, 1.82) is 0 Å². The molecule has 0 atom stereocenters. The molecule has 4 nitrogen and oxygen atoms in total. The second-order valence-corrected chi connectivity index (χ2v) is 5.90. The van der Waals surface area contributed by atoms with Crippen LogP contribution in [0.2, 0.25) is 10.0 Å². The van der Waals surface area contributed by atoms with Crippen LogP contribution in [0.1, 0.15) is 31.2 Å². The van der Waals surface area contributed by atoms with Crippen molar-refractivity contribution >= 4 is 40.5 Å². The molecule has 0 radical (unpaired) electrons. The fraction of sp³-hybridized carbons (Fsp3) is 0.333. The second kappa shape index (κ2) is 6.50. The van der Waals surface area contributed by atoms with Gasteiger partial charge in [-0.15, -0.1) is 0 Å². The van der Waals surface area contributed by atoms with Crippen molar-refractivity contribution in [1.82, 2.24) is 9.97 Å². The number of hydrogen-bond acceptors (Lipinski definition) is 4. The number of halogens is 2. The molecule has 0 bridgehead atoms. The van der Waals surface area contributed by atoms with Gasteiger partial charge in [0.25, 0.3) is 0 Å². The molecule has 112 valence electrons. The lowest BCUT2D eigenvalue weighted by Gasteiger charge is -2.16. The zero-order valence-electron chi connectivity index (χ0n) is 12.5. The molecule has 6 heteroatoms. The maximum atomic E-state index is 6.19. The molecule has 0 unspecified atom stereocenters. The molecule has 2 rings (SSSR count). The number of rotatable bonds is 4. The van der Waals surface area contributed by atoms with Gasteiger partial charge in [0.15, 0.2) is 0 Å². The molecule has 2 N–H and O–H groups in total. The monoisotopic (exact) mass is 324 g/mol. The fourth-order valence-corrected chi connectivity index (χ4v) is 2.22. The third kappa shape index (κ3) is 3.57. The summed E-state index contributed by atoms with van der Waals surface area (Å²) in [4.78, 5) is 9.09. The molecule has 21 heavy (non-hydrogen) atoms. The highest BCUT2D eigenvalue weighted by Crippen LogP contribution is 2.31. The summed E-state index contributed by atoms with van der Waals surface area (Å²) in [6, 6.07) is 5.28. The predicted molar refractivity (Wildman–Crippen MR) is 90.1 cm³/mol. The van der Waals surface area contributed by atoms with E-state index in [4.69, 9.17) is 23.2 Å².